The van der Waals surface area contributed by atoms with E-state index in [4.69, 9.17) is 21.4 Å². The summed E-state index contributed by atoms with van der Waals surface area (Å²) in [6, 6.07) is 6.47. The Balaban J connectivity index is 0.00000136. The summed E-state index contributed by atoms with van der Waals surface area (Å²) in [5.74, 6) is -1.76. The molecular weight excluding hydrogens is 395 g/mol. The van der Waals surface area contributed by atoms with Crippen LogP contribution in [0.1, 0.15) is 36.2 Å². The van der Waals surface area contributed by atoms with Gasteiger partial charge in [-0.05, 0) is 48.4 Å². The lowest BCUT2D eigenvalue weighted by atomic mass is 9.98. The van der Waals surface area contributed by atoms with Crippen molar-refractivity contribution in [3.05, 3.63) is 63.4 Å². The summed E-state index contributed by atoms with van der Waals surface area (Å²) < 4.78 is 44.4. The third-order valence-electron chi connectivity index (χ3n) is 3.91. The number of halogens is 4. The highest BCUT2D eigenvalue weighted by Gasteiger charge is 2.48. The number of pyridine rings is 1. The van der Waals surface area contributed by atoms with Crippen molar-refractivity contribution in [1.29, 1.82) is 0 Å². The number of benzene rings is 1. The second-order valence-electron chi connectivity index (χ2n) is 5.93. The van der Waals surface area contributed by atoms with Crippen molar-refractivity contribution in [2.45, 2.75) is 39.5 Å². The number of nitrogens with zero attached hydrogens (tertiary/aromatic N) is 1. The summed E-state index contributed by atoms with van der Waals surface area (Å²) in [6.45, 7) is 5.90. The average Bonchev–Trinajstić information content (AvgIpc) is 2.62. The zero-order valence-corrected chi connectivity index (χ0v) is 16.2. The molecule has 0 saturated carbocycles. The van der Waals surface area contributed by atoms with Crippen LogP contribution in [-0.4, -0.2) is 28.3 Å². The van der Waals surface area contributed by atoms with Crippen molar-refractivity contribution in [3.63, 3.8) is 0 Å². The van der Waals surface area contributed by atoms with Gasteiger partial charge in [0.05, 0.1) is 5.57 Å². The molecule has 0 spiro atoms. The highest BCUT2D eigenvalue weighted by atomic mass is 35.5. The van der Waals surface area contributed by atoms with Crippen molar-refractivity contribution in [1.82, 2.24) is 4.98 Å². The number of aliphatic carboxylic acids is 1. The van der Waals surface area contributed by atoms with Gasteiger partial charge in [-0.3, -0.25) is 4.98 Å². The van der Waals surface area contributed by atoms with E-state index in [9.17, 15) is 18.0 Å². The number of aromatic nitrogens is 1. The Morgan fingerprint density at radius 3 is 2.54 bits per heavy atom. The van der Waals surface area contributed by atoms with E-state index in [0.29, 0.717) is 22.7 Å². The minimum absolute atomic E-state index is 0.0654. The molecule has 1 aromatic heterocycles. The molecule has 8 heteroatoms. The molecule has 1 N–H and O–H groups in total. The van der Waals surface area contributed by atoms with Gasteiger partial charge in [0, 0.05) is 28.9 Å². The SMILES string of the molecule is CC.Cc1ccnc(Cc2cc3c(cc2Cl)C=C(C(=O)O)C(C(F)(F)F)O3)c1. The quantitative estimate of drug-likeness (QED) is 0.726. The third kappa shape index (κ3) is 4.84. The molecule has 0 bridgehead atoms. The van der Waals surface area contributed by atoms with E-state index in [1.54, 1.807) is 6.20 Å². The van der Waals surface area contributed by atoms with Gasteiger partial charge in [-0.2, -0.15) is 13.2 Å². The van der Waals surface area contributed by atoms with Crippen LogP contribution in [0, 0.1) is 6.92 Å². The van der Waals surface area contributed by atoms with Gasteiger partial charge in [-0.25, -0.2) is 4.79 Å². The zero-order valence-electron chi connectivity index (χ0n) is 15.5. The van der Waals surface area contributed by atoms with Crippen molar-refractivity contribution in [3.8, 4) is 5.75 Å². The van der Waals surface area contributed by atoms with Gasteiger partial charge < -0.3 is 9.84 Å². The number of aryl methyl sites for hydroxylation is 1. The van der Waals surface area contributed by atoms with Crippen LogP contribution < -0.4 is 4.74 Å². The van der Waals surface area contributed by atoms with Crippen LogP contribution in [0.3, 0.4) is 0 Å². The summed E-state index contributed by atoms with van der Waals surface area (Å²) in [5, 5.41) is 9.35. The van der Waals surface area contributed by atoms with Crippen LogP contribution in [0.2, 0.25) is 5.02 Å². The van der Waals surface area contributed by atoms with Gasteiger partial charge in [0.15, 0.2) is 0 Å². The Hall–Kier alpha value is -2.54. The molecular formula is C20H19ClF3NO3. The molecule has 0 aliphatic carbocycles. The molecule has 1 aliphatic heterocycles. The summed E-state index contributed by atoms with van der Waals surface area (Å²) in [6.07, 6.45) is -4.49. The Bertz CT molecular complexity index is 910. The summed E-state index contributed by atoms with van der Waals surface area (Å²) in [5.41, 5.74) is 1.54. The maximum absolute atomic E-state index is 13.2. The Morgan fingerprint density at radius 2 is 1.96 bits per heavy atom. The first kappa shape index (κ1) is 21.8. The fraction of sp³-hybridized carbons (Fsp3) is 0.300. The van der Waals surface area contributed by atoms with Crippen LogP contribution >= 0.6 is 11.6 Å². The number of hydrogen-bond acceptors (Lipinski definition) is 3. The number of ether oxygens (including phenoxy) is 1. The summed E-state index contributed by atoms with van der Waals surface area (Å²) in [7, 11) is 0. The van der Waals surface area contributed by atoms with Gasteiger partial charge in [0.1, 0.15) is 5.75 Å². The molecule has 1 atom stereocenters. The number of carboxylic acid groups (broad SMARTS) is 1. The molecule has 1 aliphatic rings. The molecule has 0 saturated heterocycles. The van der Waals surface area contributed by atoms with Gasteiger partial charge in [-0.15, -0.1) is 0 Å². The van der Waals surface area contributed by atoms with Crippen LogP contribution in [-0.2, 0) is 11.2 Å². The van der Waals surface area contributed by atoms with Crippen LogP contribution in [0.15, 0.2) is 36.0 Å². The number of hydrogen-bond donors (Lipinski definition) is 1. The maximum atomic E-state index is 13.2. The smallest absolute Gasteiger partial charge is 0.430 e. The highest BCUT2D eigenvalue weighted by Crippen LogP contribution is 2.39. The fourth-order valence-electron chi connectivity index (χ4n) is 2.70. The number of carbonyl (C=O) groups is 1. The van der Waals surface area contributed by atoms with E-state index < -0.39 is 23.8 Å². The number of carboxylic acids is 1. The topological polar surface area (TPSA) is 59.4 Å². The normalized spacial score (nSPS) is 15.5. The van der Waals surface area contributed by atoms with Gasteiger partial charge in [0.2, 0.25) is 6.10 Å². The van der Waals surface area contributed by atoms with Crippen LogP contribution in [0.5, 0.6) is 5.75 Å². The second kappa shape index (κ2) is 8.65. The van der Waals surface area contributed by atoms with Crippen molar-refractivity contribution in [2.75, 3.05) is 0 Å². The lowest BCUT2D eigenvalue weighted by Crippen LogP contribution is -2.40. The number of alkyl halides is 3. The minimum atomic E-state index is -4.85. The fourth-order valence-corrected chi connectivity index (χ4v) is 2.94. The van der Waals surface area contributed by atoms with Crippen molar-refractivity contribution < 1.29 is 27.8 Å². The Morgan fingerprint density at radius 1 is 1.29 bits per heavy atom. The number of fused-ring (bicyclic) bond motifs is 1. The first-order valence-corrected chi connectivity index (χ1v) is 8.95. The standard InChI is InChI=1S/C18H13ClF3NO3.C2H6/c1-9-2-3-23-12(4-9)5-10-8-15-11(7-14(10)19)6-13(17(24)25)16(26-15)18(20,21)22;1-2/h2-4,6-8,16H,5H2,1H3,(H,24,25);1-2H3. The predicted octanol–water partition coefficient (Wildman–Crippen LogP) is 5.45. The maximum Gasteiger partial charge on any atom is 0.430 e. The highest BCUT2D eigenvalue weighted by molar-refractivity contribution is 6.31. The van der Waals surface area contributed by atoms with Crippen LogP contribution in [0.25, 0.3) is 6.08 Å². The van der Waals surface area contributed by atoms with E-state index in [0.717, 1.165) is 11.6 Å². The van der Waals surface area contributed by atoms with E-state index in [1.807, 2.05) is 32.9 Å². The molecule has 3 rings (SSSR count). The molecule has 1 unspecified atom stereocenters. The van der Waals surface area contributed by atoms with Gasteiger partial charge >= 0.3 is 12.1 Å². The molecule has 0 radical (unpaired) electrons. The van der Waals surface area contributed by atoms with E-state index in [2.05, 4.69) is 4.98 Å². The van der Waals surface area contributed by atoms with E-state index >= 15 is 0 Å². The Labute approximate surface area is 165 Å². The zero-order chi connectivity index (χ0) is 21.1. The lowest BCUT2D eigenvalue weighted by Gasteiger charge is -2.27. The lowest BCUT2D eigenvalue weighted by molar-refractivity contribution is -0.187. The van der Waals surface area contributed by atoms with E-state index in [1.165, 1.54) is 12.1 Å². The first-order chi connectivity index (χ1) is 13.1. The molecule has 150 valence electrons. The van der Waals surface area contributed by atoms with Gasteiger partial charge in [-0.1, -0.05) is 25.4 Å². The predicted molar refractivity (Wildman–Crippen MR) is 101 cm³/mol. The summed E-state index contributed by atoms with van der Waals surface area (Å²) in [4.78, 5) is 15.4. The molecule has 4 nitrogen and oxygen atoms in total. The Kier molecular flexibility index (Phi) is 6.72. The number of rotatable bonds is 3. The monoisotopic (exact) mass is 413 g/mol. The first-order valence-electron chi connectivity index (χ1n) is 8.57. The second-order valence-corrected chi connectivity index (χ2v) is 6.33. The molecule has 28 heavy (non-hydrogen) atoms. The van der Waals surface area contributed by atoms with Crippen molar-refractivity contribution >= 4 is 23.6 Å². The van der Waals surface area contributed by atoms with Crippen molar-refractivity contribution in [2.24, 2.45) is 0 Å². The molecule has 0 amide bonds. The largest absolute Gasteiger partial charge is 0.478 e. The third-order valence-corrected chi connectivity index (χ3v) is 4.26. The molecule has 2 heterocycles. The molecule has 1 aromatic carbocycles. The van der Waals surface area contributed by atoms with Crippen LogP contribution in [0.4, 0.5) is 13.2 Å². The summed E-state index contributed by atoms with van der Waals surface area (Å²) >= 11 is 6.22. The average molecular weight is 414 g/mol. The van der Waals surface area contributed by atoms with E-state index in [-0.39, 0.29) is 11.3 Å². The van der Waals surface area contributed by atoms with Gasteiger partial charge in [0.25, 0.3) is 0 Å². The minimum Gasteiger partial charge on any atom is -0.478 e. The molecule has 0 fully saturated rings. The molecule has 2 aromatic rings.